The summed E-state index contributed by atoms with van der Waals surface area (Å²) in [6.07, 6.45) is 0. The zero-order valence-electron chi connectivity index (χ0n) is 28.0. The fraction of sp³-hybridized carbons (Fsp3) is 0. The van der Waals surface area contributed by atoms with Crippen LogP contribution < -0.4 is 0 Å². The highest BCUT2D eigenvalue weighted by atomic mass is 32.1. The van der Waals surface area contributed by atoms with Crippen LogP contribution in [0.4, 0.5) is 0 Å². The third kappa shape index (κ3) is 4.57. The maximum atomic E-state index is 9.36. The highest BCUT2D eigenvalue weighted by molar-refractivity contribution is 7.29. The minimum Gasteiger partial charge on any atom is -0.308 e. The molecule has 4 heterocycles. The van der Waals surface area contributed by atoms with Crippen molar-refractivity contribution in [2.24, 2.45) is 0 Å². The van der Waals surface area contributed by atoms with Crippen LogP contribution in [0.2, 0.25) is 0 Å². The van der Waals surface area contributed by atoms with E-state index in [1.54, 1.807) is 12.1 Å². The Labute approximate surface area is 311 Å². The van der Waals surface area contributed by atoms with Gasteiger partial charge in [0.25, 0.3) is 0 Å². The van der Waals surface area contributed by atoms with Crippen molar-refractivity contribution in [3.63, 3.8) is 0 Å². The van der Waals surface area contributed by atoms with Gasteiger partial charge in [-0.25, -0.2) is 15.0 Å². The molecule has 0 radical (unpaired) electrons. The van der Waals surface area contributed by atoms with E-state index in [1.807, 2.05) is 65.1 Å². The molecule has 4 aromatic heterocycles. The number of nitriles is 1. The van der Waals surface area contributed by atoms with Crippen LogP contribution in [0, 0.1) is 11.3 Å². The Morgan fingerprint density at radius 1 is 0.453 bits per heavy atom. The SMILES string of the molecule is N#Cc1ccc(-c2nc(-c3ccccc3)nc(-c3ccc(-n4c5ccccc5c5c6sc7ccccc7c6c6c7ccccc7sc6c54)cc3)n2)cc1. The van der Waals surface area contributed by atoms with E-state index in [9.17, 15) is 5.26 Å². The number of aromatic nitrogens is 4. The van der Waals surface area contributed by atoms with Crippen LogP contribution in [0.1, 0.15) is 5.56 Å². The molecule has 0 aliphatic rings. The van der Waals surface area contributed by atoms with E-state index < -0.39 is 0 Å². The van der Waals surface area contributed by atoms with Gasteiger partial charge in [0.1, 0.15) is 0 Å². The summed E-state index contributed by atoms with van der Waals surface area (Å²) in [5, 5.41) is 17.2. The van der Waals surface area contributed by atoms with Gasteiger partial charge in [-0.2, -0.15) is 5.26 Å². The van der Waals surface area contributed by atoms with Crippen molar-refractivity contribution >= 4 is 84.8 Å². The summed E-state index contributed by atoms with van der Waals surface area (Å²) in [5.41, 5.74) is 6.71. The second-order valence-corrected chi connectivity index (χ2v) is 15.2. The summed E-state index contributed by atoms with van der Waals surface area (Å²) in [5.74, 6) is 1.75. The first-order chi connectivity index (χ1) is 26.2. The molecule has 0 bridgehead atoms. The van der Waals surface area contributed by atoms with E-state index in [4.69, 9.17) is 15.0 Å². The van der Waals surface area contributed by atoms with E-state index in [2.05, 4.69) is 108 Å². The van der Waals surface area contributed by atoms with Gasteiger partial charge < -0.3 is 4.57 Å². The average molecular weight is 712 g/mol. The first-order valence-corrected chi connectivity index (χ1v) is 19.0. The molecule has 0 aliphatic carbocycles. The maximum Gasteiger partial charge on any atom is 0.164 e. The summed E-state index contributed by atoms with van der Waals surface area (Å²) in [6.45, 7) is 0. The molecule has 5 nitrogen and oxygen atoms in total. The van der Waals surface area contributed by atoms with Gasteiger partial charge in [-0.1, -0.05) is 84.9 Å². The number of nitrogens with zero attached hydrogens (tertiary/aromatic N) is 5. The van der Waals surface area contributed by atoms with Gasteiger partial charge in [0.2, 0.25) is 0 Å². The van der Waals surface area contributed by atoms with Gasteiger partial charge in [0, 0.05) is 68.8 Å². The van der Waals surface area contributed by atoms with E-state index >= 15 is 0 Å². The monoisotopic (exact) mass is 711 g/mol. The number of thiophene rings is 2. The number of fused-ring (bicyclic) bond motifs is 12. The lowest BCUT2D eigenvalue weighted by Gasteiger charge is -2.11. The standard InChI is InChI=1S/C46H25N5S2/c47-26-27-18-20-29(21-19-27)45-48-44(28-10-2-1-3-11-28)49-46(50-45)30-22-24-31(25-23-30)51-35-15-7-4-12-32(35)40-41(51)43-39(34-14-6-9-17-37(34)53-43)38-33-13-5-8-16-36(33)52-42(38)40/h1-25H. The third-order valence-corrected chi connectivity index (χ3v) is 12.4. The van der Waals surface area contributed by atoms with Crippen molar-refractivity contribution in [2.75, 3.05) is 0 Å². The smallest absolute Gasteiger partial charge is 0.164 e. The summed E-state index contributed by atoms with van der Waals surface area (Å²) < 4.78 is 7.68. The Morgan fingerprint density at radius 3 is 1.57 bits per heavy atom. The molecule has 7 heteroatoms. The van der Waals surface area contributed by atoms with Crippen molar-refractivity contribution in [3.05, 3.63) is 157 Å². The lowest BCUT2D eigenvalue weighted by molar-refractivity contribution is 1.07. The number of hydrogen-bond acceptors (Lipinski definition) is 6. The molecule has 11 aromatic rings. The molecule has 0 saturated carbocycles. The van der Waals surface area contributed by atoms with Gasteiger partial charge in [-0.15, -0.1) is 22.7 Å². The van der Waals surface area contributed by atoms with Crippen LogP contribution in [-0.2, 0) is 0 Å². The molecule has 0 atom stereocenters. The normalized spacial score (nSPS) is 11.8. The fourth-order valence-corrected chi connectivity index (χ4v) is 10.2. The highest BCUT2D eigenvalue weighted by Crippen LogP contribution is 2.52. The molecule has 0 aliphatic heterocycles. The lowest BCUT2D eigenvalue weighted by atomic mass is 10.0. The quantitative estimate of drug-likeness (QED) is 0.182. The first kappa shape index (κ1) is 30.0. The summed E-state index contributed by atoms with van der Waals surface area (Å²) in [4.78, 5) is 14.8. The molecule has 246 valence electrons. The fourth-order valence-electron chi connectivity index (χ4n) is 7.69. The van der Waals surface area contributed by atoms with Crippen LogP contribution >= 0.6 is 22.7 Å². The zero-order chi connectivity index (χ0) is 35.0. The van der Waals surface area contributed by atoms with Gasteiger partial charge in [-0.05, 0) is 66.7 Å². The molecule has 11 rings (SSSR count). The summed E-state index contributed by atoms with van der Waals surface area (Å²) in [7, 11) is 0. The lowest BCUT2D eigenvalue weighted by Crippen LogP contribution is -2.00. The molecular weight excluding hydrogens is 687 g/mol. The Kier molecular flexibility index (Phi) is 6.59. The van der Waals surface area contributed by atoms with Crippen LogP contribution in [0.15, 0.2) is 152 Å². The number of rotatable bonds is 4. The van der Waals surface area contributed by atoms with Crippen molar-refractivity contribution in [1.82, 2.24) is 19.5 Å². The van der Waals surface area contributed by atoms with Crippen molar-refractivity contribution in [1.29, 1.82) is 5.26 Å². The first-order valence-electron chi connectivity index (χ1n) is 17.3. The maximum absolute atomic E-state index is 9.36. The topological polar surface area (TPSA) is 67.4 Å². The largest absolute Gasteiger partial charge is 0.308 e. The molecule has 0 spiro atoms. The summed E-state index contributed by atoms with van der Waals surface area (Å²) >= 11 is 3.78. The minimum absolute atomic E-state index is 0.560. The predicted octanol–water partition coefficient (Wildman–Crippen LogP) is 12.6. The zero-order valence-corrected chi connectivity index (χ0v) is 29.6. The molecule has 0 saturated heterocycles. The predicted molar refractivity (Wildman–Crippen MR) is 221 cm³/mol. The van der Waals surface area contributed by atoms with Crippen LogP contribution in [0.5, 0.6) is 0 Å². The Morgan fingerprint density at radius 2 is 0.943 bits per heavy atom. The second kappa shape index (κ2) is 11.7. The highest BCUT2D eigenvalue weighted by Gasteiger charge is 2.24. The minimum atomic E-state index is 0.560. The van der Waals surface area contributed by atoms with Gasteiger partial charge in [0.15, 0.2) is 17.5 Å². The Bertz CT molecular complexity index is 3280. The molecule has 0 unspecified atom stereocenters. The molecule has 0 fully saturated rings. The van der Waals surface area contributed by atoms with Gasteiger partial charge in [0.05, 0.1) is 27.4 Å². The van der Waals surface area contributed by atoms with Gasteiger partial charge >= 0.3 is 0 Å². The van der Waals surface area contributed by atoms with E-state index in [0.717, 1.165) is 22.4 Å². The van der Waals surface area contributed by atoms with E-state index in [1.165, 1.54) is 62.2 Å². The van der Waals surface area contributed by atoms with Crippen molar-refractivity contribution in [3.8, 4) is 45.9 Å². The number of para-hydroxylation sites is 1. The van der Waals surface area contributed by atoms with Crippen LogP contribution in [0.25, 0.3) is 102 Å². The molecule has 0 amide bonds. The molecular formula is C46H25N5S2. The number of benzene rings is 7. The van der Waals surface area contributed by atoms with Gasteiger partial charge in [-0.3, -0.25) is 0 Å². The van der Waals surface area contributed by atoms with E-state index in [-0.39, 0.29) is 0 Å². The number of hydrogen-bond donors (Lipinski definition) is 0. The second-order valence-electron chi connectivity index (χ2n) is 13.1. The Balaban J connectivity index is 1.15. The summed E-state index contributed by atoms with van der Waals surface area (Å²) in [6, 6.07) is 54.6. The van der Waals surface area contributed by atoms with Crippen molar-refractivity contribution < 1.29 is 0 Å². The molecule has 7 aromatic carbocycles. The third-order valence-electron chi connectivity index (χ3n) is 10.1. The van der Waals surface area contributed by atoms with Crippen molar-refractivity contribution in [2.45, 2.75) is 0 Å². The molecule has 0 N–H and O–H groups in total. The van der Waals surface area contributed by atoms with E-state index in [0.29, 0.717) is 23.0 Å². The average Bonchev–Trinajstić information content (AvgIpc) is 3.91. The van der Waals surface area contributed by atoms with Crippen LogP contribution in [-0.4, -0.2) is 19.5 Å². The van der Waals surface area contributed by atoms with Crippen LogP contribution in [0.3, 0.4) is 0 Å². The molecule has 53 heavy (non-hydrogen) atoms. The Hall–Kier alpha value is -6.72.